The van der Waals surface area contributed by atoms with Crippen molar-refractivity contribution in [3.63, 3.8) is 0 Å². The quantitative estimate of drug-likeness (QED) is 0.889. The highest BCUT2D eigenvalue weighted by Crippen LogP contribution is 2.33. The molecule has 0 aromatic heterocycles. The zero-order chi connectivity index (χ0) is 14.7. The highest BCUT2D eigenvalue weighted by atomic mass is 35.5. The third kappa shape index (κ3) is 3.03. The number of phenolic OH excluding ortho intramolecular Hbond substituents is 1. The number of aromatic hydroxyl groups is 1. The summed E-state index contributed by atoms with van der Waals surface area (Å²) in [6, 6.07) is 6.29. The van der Waals surface area contributed by atoms with Gasteiger partial charge in [0.25, 0.3) is 0 Å². The summed E-state index contributed by atoms with van der Waals surface area (Å²) in [6.45, 7) is 1.19. The Morgan fingerprint density at radius 2 is 2.15 bits per heavy atom. The van der Waals surface area contributed by atoms with Crippen LogP contribution in [-0.2, 0) is 4.79 Å². The molecule has 0 aliphatic carbocycles. The third-order valence-electron chi connectivity index (χ3n) is 3.70. The van der Waals surface area contributed by atoms with Crippen LogP contribution < -0.4 is 5.73 Å². The fourth-order valence-electron chi connectivity index (χ4n) is 2.53. The number of piperidine rings is 1. The van der Waals surface area contributed by atoms with E-state index >= 15 is 0 Å². The molecule has 1 aliphatic heterocycles. The summed E-state index contributed by atoms with van der Waals surface area (Å²) in [6.07, 6.45) is 1.27. The molecule has 1 aliphatic rings. The van der Waals surface area contributed by atoms with Gasteiger partial charge in [0.2, 0.25) is 5.91 Å². The van der Waals surface area contributed by atoms with Gasteiger partial charge in [-0.2, -0.15) is 5.26 Å². The Morgan fingerprint density at radius 3 is 2.70 bits per heavy atom. The Hall–Kier alpha value is -1.77. The smallest absolute Gasteiger partial charge is 0.220 e. The van der Waals surface area contributed by atoms with Gasteiger partial charge in [-0.1, -0.05) is 11.6 Å². The Balaban J connectivity index is 2.16. The number of rotatable bonds is 3. The van der Waals surface area contributed by atoms with Crippen LogP contribution in [0.25, 0.3) is 0 Å². The second-order valence-electron chi connectivity index (χ2n) is 4.95. The van der Waals surface area contributed by atoms with Crippen LogP contribution in [0.5, 0.6) is 5.75 Å². The molecule has 1 fully saturated rings. The maximum absolute atomic E-state index is 11.2. The minimum atomic E-state index is -0.567. The SMILES string of the molecule is N#CC(c1cc(Cl)ccc1O)N1CCC(C(N)=O)CC1. The molecule has 1 unspecified atom stereocenters. The maximum Gasteiger partial charge on any atom is 0.220 e. The third-order valence-corrected chi connectivity index (χ3v) is 3.94. The number of hydrogen-bond acceptors (Lipinski definition) is 4. The number of carbonyl (C=O) groups is 1. The average molecular weight is 294 g/mol. The number of carbonyl (C=O) groups excluding carboxylic acids is 1. The van der Waals surface area contributed by atoms with E-state index in [2.05, 4.69) is 6.07 Å². The van der Waals surface area contributed by atoms with E-state index in [1.807, 2.05) is 4.90 Å². The van der Waals surface area contributed by atoms with Gasteiger partial charge in [-0.25, -0.2) is 0 Å². The molecule has 1 aromatic rings. The van der Waals surface area contributed by atoms with Crippen molar-refractivity contribution in [2.45, 2.75) is 18.9 Å². The monoisotopic (exact) mass is 293 g/mol. The highest BCUT2D eigenvalue weighted by Gasteiger charge is 2.29. The van der Waals surface area contributed by atoms with Gasteiger partial charge < -0.3 is 10.8 Å². The van der Waals surface area contributed by atoms with Gasteiger partial charge in [-0.05, 0) is 31.0 Å². The molecular formula is C14H16ClN3O2. The molecule has 5 nitrogen and oxygen atoms in total. The van der Waals surface area contributed by atoms with Crippen LogP contribution in [-0.4, -0.2) is 29.0 Å². The topological polar surface area (TPSA) is 90.3 Å². The number of primary amides is 1. The first-order valence-electron chi connectivity index (χ1n) is 6.44. The largest absolute Gasteiger partial charge is 0.508 e. The second-order valence-corrected chi connectivity index (χ2v) is 5.38. The van der Waals surface area contributed by atoms with Crippen LogP contribution in [0.3, 0.4) is 0 Å². The first-order valence-corrected chi connectivity index (χ1v) is 6.82. The number of phenols is 1. The van der Waals surface area contributed by atoms with Gasteiger partial charge in [0.05, 0.1) is 6.07 Å². The number of hydrogen-bond donors (Lipinski definition) is 2. The van der Waals surface area contributed by atoms with E-state index < -0.39 is 6.04 Å². The van der Waals surface area contributed by atoms with Crippen LogP contribution in [0.1, 0.15) is 24.4 Å². The highest BCUT2D eigenvalue weighted by molar-refractivity contribution is 6.30. The summed E-state index contributed by atoms with van der Waals surface area (Å²) in [5.41, 5.74) is 5.79. The lowest BCUT2D eigenvalue weighted by Gasteiger charge is -2.33. The van der Waals surface area contributed by atoms with E-state index in [-0.39, 0.29) is 17.6 Å². The average Bonchev–Trinajstić information content (AvgIpc) is 2.44. The standard InChI is InChI=1S/C14H16ClN3O2/c15-10-1-2-13(19)11(7-10)12(8-16)18-5-3-9(4-6-18)14(17)20/h1-2,7,9,12,19H,3-6H2,(H2,17,20). The molecule has 1 heterocycles. The summed E-state index contributed by atoms with van der Waals surface area (Å²) < 4.78 is 0. The van der Waals surface area contributed by atoms with Crippen LogP contribution in [0.15, 0.2) is 18.2 Å². The Kier molecular flexibility index (Phi) is 4.48. The number of nitriles is 1. The molecular weight excluding hydrogens is 278 g/mol. The van der Waals surface area contributed by atoms with Gasteiger partial charge in [0.15, 0.2) is 0 Å². The van der Waals surface area contributed by atoms with Gasteiger partial charge in [-0.15, -0.1) is 0 Å². The van der Waals surface area contributed by atoms with Crippen molar-refractivity contribution in [1.82, 2.24) is 4.90 Å². The normalized spacial score (nSPS) is 18.4. The molecule has 3 N–H and O–H groups in total. The lowest BCUT2D eigenvalue weighted by molar-refractivity contribution is -0.123. The van der Waals surface area contributed by atoms with E-state index in [0.29, 0.717) is 36.5 Å². The predicted molar refractivity (Wildman–Crippen MR) is 75.0 cm³/mol. The van der Waals surface area contributed by atoms with Gasteiger partial charge >= 0.3 is 0 Å². The maximum atomic E-state index is 11.2. The van der Waals surface area contributed by atoms with E-state index in [0.717, 1.165) is 0 Å². The number of halogens is 1. The number of amides is 1. The van der Waals surface area contributed by atoms with Gasteiger partial charge in [0, 0.05) is 29.6 Å². The van der Waals surface area contributed by atoms with Crippen LogP contribution >= 0.6 is 11.6 Å². The Morgan fingerprint density at radius 1 is 1.50 bits per heavy atom. The molecule has 0 spiro atoms. The fourth-order valence-corrected chi connectivity index (χ4v) is 2.71. The lowest BCUT2D eigenvalue weighted by Crippen LogP contribution is -2.40. The van der Waals surface area contributed by atoms with Gasteiger partial charge in [0.1, 0.15) is 11.8 Å². The molecule has 20 heavy (non-hydrogen) atoms. The molecule has 106 valence electrons. The van der Waals surface area contributed by atoms with E-state index in [1.165, 1.54) is 6.07 Å². The summed E-state index contributed by atoms with van der Waals surface area (Å²) in [7, 11) is 0. The lowest BCUT2D eigenvalue weighted by atomic mass is 9.94. The minimum Gasteiger partial charge on any atom is -0.508 e. The fraction of sp³-hybridized carbons (Fsp3) is 0.429. The first kappa shape index (κ1) is 14.6. The van der Waals surface area contributed by atoms with Crippen molar-refractivity contribution < 1.29 is 9.90 Å². The van der Waals surface area contributed by atoms with Gasteiger partial charge in [-0.3, -0.25) is 9.69 Å². The first-order chi connectivity index (χ1) is 9.52. The van der Waals surface area contributed by atoms with Crippen LogP contribution in [0.4, 0.5) is 0 Å². The molecule has 2 rings (SSSR count). The summed E-state index contributed by atoms with van der Waals surface area (Å²) >= 11 is 5.92. The number of likely N-dealkylation sites (tertiary alicyclic amines) is 1. The van der Waals surface area contributed by atoms with E-state index in [1.54, 1.807) is 12.1 Å². The van der Waals surface area contributed by atoms with E-state index in [9.17, 15) is 15.2 Å². The van der Waals surface area contributed by atoms with Crippen LogP contribution in [0.2, 0.25) is 5.02 Å². The van der Waals surface area contributed by atoms with Crippen molar-refractivity contribution >= 4 is 17.5 Å². The summed E-state index contributed by atoms with van der Waals surface area (Å²) in [5, 5.41) is 19.8. The zero-order valence-corrected chi connectivity index (χ0v) is 11.7. The number of nitrogens with zero attached hydrogens (tertiary/aromatic N) is 2. The number of nitrogens with two attached hydrogens (primary N) is 1. The molecule has 0 saturated carbocycles. The summed E-state index contributed by atoms with van der Waals surface area (Å²) in [5.74, 6) is -0.361. The predicted octanol–water partition coefficient (Wildman–Crippen LogP) is 1.81. The van der Waals surface area contributed by atoms with Crippen molar-refractivity contribution in [1.29, 1.82) is 5.26 Å². The summed E-state index contributed by atoms with van der Waals surface area (Å²) in [4.78, 5) is 13.1. The van der Waals surface area contributed by atoms with E-state index in [4.69, 9.17) is 17.3 Å². The molecule has 0 radical (unpaired) electrons. The molecule has 0 bridgehead atoms. The van der Waals surface area contributed by atoms with Crippen LogP contribution in [0, 0.1) is 17.2 Å². The molecule has 1 aromatic carbocycles. The Bertz CT molecular complexity index is 548. The molecule has 1 atom stereocenters. The Labute approximate surface area is 122 Å². The molecule has 6 heteroatoms. The molecule has 1 saturated heterocycles. The second kappa shape index (κ2) is 6.12. The van der Waals surface area contributed by atoms with Crippen molar-refractivity contribution in [3.05, 3.63) is 28.8 Å². The zero-order valence-electron chi connectivity index (χ0n) is 10.9. The van der Waals surface area contributed by atoms with Crippen molar-refractivity contribution in [3.8, 4) is 11.8 Å². The minimum absolute atomic E-state index is 0.0537. The van der Waals surface area contributed by atoms with Crippen molar-refractivity contribution in [2.75, 3.05) is 13.1 Å². The molecule has 1 amide bonds. The number of benzene rings is 1. The van der Waals surface area contributed by atoms with Crippen molar-refractivity contribution in [2.24, 2.45) is 11.7 Å².